The second-order valence-corrected chi connectivity index (χ2v) is 6.56. The number of aryl methyl sites for hydroxylation is 2. The summed E-state index contributed by atoms with van der Waals surface area (Å²) in [6.45, 7) is 7.03. The topological polar surface area (TPSA) is 72.2 Å². The van der Waals surface area contributed by atoms with E-state index in [1.54, 1.807) is 0 Å². The maximum Gasteiger partial charge on any atom is 0.246 e. The van der Waals surface area contributed by atoms with Crippen LogP contribution in [0.2, 0.25) is 0 Å². The SMILES string of the molecule is CCOc1ccc(-c2noc(CNC(=S)Nc3cc(C)cc(C)c3)n2)cc1. The number of nitrogens with zero attached hydrogens (tertiary/aromatic N) is 2. The van der Waals surface area contributed by atoms with Crippen molar-refractivity contribution in [3.8, 4) is 17.1 Å². The highest BCUT2D eigenvalue weighted by molar-refractivity contribution is 7.80. The standard InChI is InChI=1S/C20H22N4O2S/c1-4-25-17-7-5-15(6-8-17)19-23-18(26-24-19)12-21-20(27)22-16-10-13(2)9-14(3)11-16/h5-11H,4,12H2,1-3H3,(H2,21,22,27). The smallest absolute Gasteiger partial charge is 0.246 e. The molecule has 0 unspecified atom stereocenters. The van der Waals surface area contributed by atoms with Gasteiger partial charge in [-0.05, 0) is 80.5 Å². The summed E-state index contributed by atoms with van der Waals surface area (Å²) in [5.41, 5.74) is 4.17. The van der Waals surface area contributed by atoms with Gasteiger partial charge in [0.15, 0.2) is 5.11 Å². The van der Waals surface area contributed by atoms with Crippen LogP contribution in [0.4, 0.5) is 5.69 Å². The molecule has 0 saturated carbocycles. The van der Waals surface area contributed by atoms with Crippen molar-refractivity contribution in [3.63, 3.8) is 0 Å². The van der Waals surface area contributed by atoms with Crippen molar-refractivity contribution in [1.29, 1.82) is 0 Å². The Labute approximate surface area is 163 Å². The summed E-state index contributed by atoms with van der Waals surface area (Å²) in [6, 6.07) is 13.8. The van der Waals surface area contributed by atoms with Gasteiger partial charge in [-0.3, -0.25) is 0 Å². The van der Waals surface area contributed by atoms with E-state index in [4.69, 9.17) is 21.5 Å². The average molecular weight is 382 g/mol. The zero-order chi connectivity index (χ0) is 19.2. The number of anilines is 1. The Bertz CT molecular complexity index is 902. The third kappa shape index (κ3) is 5.27. The van der Waals surface area contributed by atoms with Crippen LogP contribution in [0.1, 0.15) is 23.9 Å². The molecule has 0 radical (unpaired) electrons. The maximum absolute atomic E-state index is 5.43. The minimum absolute atomic E-state index is 0.348. The van der Waals surface area contributed by atoms with Gasteiger partial charge in [0.05, 0.1) is 13.2 Å². The van der Waals surface area contributed by atoms with E-state index in [0.29, 0.717) is 30.0 Å². The van der Waals surface area contributed by atoms with E-state index >= 15 is 0 Å². The van der Waals surface area contributed by atoms with Crippen LogP contribution < -0.4 is 15.4 Å². The van der Waals surface area contributed by atoms with Crippen LogP contribution >= 0.6 is 12.2 Å². The Balaban J connectivity index is 1.56. The molecule has 1 heterocycles. The largest absolute Gasteiger partial charge is 0.494 e. The molecule has 0 spiro atoms. The molecular formula is C20H22N4O2S. The fourth-order valence-electron chi connectivity index (χ4n) is 2.69. The molecule has 6 nitrogen and oxygen atoms in total. The van der Waals surface area contributed by atoms with E-state index in [1.165, 1.54) is 11.1 Å². The first-order valence-electron chi connectivity index (χ1n) is 8.72. The number of hydrogen-bond acceptors (Lipinski definition) is 5. The monoisotopic (exact) mass is 382 g/mol. The summed E-state index contributed by atoms with van der Waals surface area (Å²) in [5, 5.41) is 10.8. The Morgan fingerprint density at radius 3 is 2.48 bits per heavy atom. The molecule has 0 aliphatic rings. The Morgan fingerprint density at radius 2 is 1.81 bits per heavy atom. The fourth-order valence-corrected chi connectivity index (χ4v) is 2.88. The molecular weight excluding hydrogens is 360 g/mol. The van der Waals surface area contributed by atoms with Crippen LogP contribution in [0.15, 0.2) is 47.0 Å². The van der Waals surface area contributed by atoms with Gasteiger partial charge in [0.1, 0.15) is 5.75 Å². The van der Waals surface area contributed by atoms with Crippen LogP contribution in [0.5, 0.6) is 5.75 Å². The van der Waals surface area contributed by atoms with Crippen molar-refractivity contribution in [2.45, 2.75) is 27.3 Å². The van der Waals surface area contributed by atoms with Crippen molar-refractivity contribution in [2.75, 3.05) is 11.9 Å². The molecule has 0 bridgehead atoms. The van der Waals surface area contributed by atoms with Crippen molar-refractivity contribution < 1.29 is 9.26 Å². The lowest BCUT2D eigenvalue weighted by atomic mass is 10.1. The summed E-state index contributed by atoms with van der Waals surface area (Å²) < 4.78 is 10.7. The minimum atomic E-state index is 0.348. The predicted molar refractivity (Wildman–Crippen MR) is 110 cm³/mol. The number of ether oxygens (including phenoxy) is 1. The highest BCUT2D eigenvalue weighted by atomic mass is 32.1. The Kier molecular flexibility index (Phi) is 6.03. The van der Waals surface area contributed by atoms with Gasteiger partial charge in [-0.25, -0.2) is 0 Å². The van der Waals surface area contributed by atoms with Crippen LogP contribution in [-0.2, 0) is 6.54 Å². The summed E-state index contributed by atoms with van der Waals surface area (Å²) >= 11 is 5.34. The van der Waals surface area contributed by atoms with Crippen molar-refractivity contribution in [1.82, 2.24) is 15.5 Å². The van der Waals surface area contributed by atoms with Gasteiger partial charge in [0, 0.05) is 11.3 Å². The molecule has 27 heavy (non-hydrogen) atoms. The maximum atomic E-state index is 5.43. The molecule has 0 amide bonds. The number of rotatable bonds is 6. The highest BCUT2D eigenvalue weighted by Crippen LogP contribution is 2.20. The molecule has 0 aliphatic heterocycles. The molecule has 7 heteroatoms. The normalized spacial score (nSPS) is 10.5. The van der Waals surface area contributed by atoms with E-state index in [2.05, 4.69) is 40.7 Å². The molecule has 2 N–H and O–H groups in total. The summed E-state index contributed by atoms with van der Waals surface area (Å²) in [6.07, 6.45) is 0. The van der Waals surface area contributed by atoms with Gasteiger partial charge >= 0.3 is 0 Å². The van der Waals surface area contributed by atoms with Crippen LogP contribution in [0.25, 0.3) is 11.4 Å². The minimum Gasteiger partial charge on any atom is -0.494 e. The van der Waals surface area contributed by atoms with Gasteiger partial charge in [0.2, 0.25) is 11.7 Å². The lowest BCUT2D eigenvalue weighted by Crippen LogP contribution is -2.28. The summed E-state index contributed by atoms with van der Waals surface area (Å²) in [5.74, 6) is 1.81. The third-order valence-corrected chi connectivity index (χ3v) is 4.02. The van der Waals surface area contributed by atoms with Gasteiger partial charge in [-0.2, -0.15) is 4.98 Å². The lowest BCUT2D eigenvalue weighted by Gasteiger charge is -2.10. The number of aromatic nitrogens is 2. The molecule has 140 valence electrons. The molecule has 2 aromatic carbocycles. The zero-order valence-electron chi connectivity index (χ0n) is 15.6. The van der Waals surface area contributed by atoms with Gasteiger partial charge in [-0.15, -0.1) is 0 Å². The molecule has 0 atom stereocenters. The van der Waals surface area contributed by atoms with Crippen LogP contribution in [0.3, 0.4) is 0 Å². The van der Waals surface area contributed by atoms with Gasteiger partial charge < -0.3 is 19.9 Å². The first-order chi connectivity index (χ1) is 13.0. The summed E-state index contributed by atoms with van der Waals surface area (Å²) in [4.78, 5) is 4.39. The van der Waals surface area contributed by atoms with Crippen LogP contribution in [0, 0.1) is 13.8 Å². The van der Waals surface area contributed by atoms with Crippen molar-refractivity contribution in [2.24, 2.45) is 0 Å². The van der Waals surface area contributed by atoms with Crippen molar-refractivity contribution >= 4 is 23.0 Å². The Hall–Kier alpha value is -2.93. The van der Waals surface area contributed by atoms with Gasteiger partial charge in [0.25, 0.3) is 0 Å². The Morgan fingerprint density at radius 1 is 1.11 bits per heavy atom. The van der Waals surface area contributed by atoms with Crippen molar-refractivity contribution in [3.05, 3.63) is 59.5 Å². The second kappa shape index (κ2) is 8.64. The van der Waals surface area contributed by atoms with Crippen LogP contribution in [-0.4, -0.2) is 21.9 Å². The fraction of sp³-hybridized carbons (Fsp3) is 0.250. The first kappa shape index (κ1) is 18.8. The number of thiocarbonyl (C=S) groups is 1. The molecule has 0 aliphatic carbocycles. The first-order valence-corrected chi connectivity index (χ1v) is 9.13. The summed E-state index contributed by atoms with van der Waals surface area (Å²) in [7, 11) is 0. The third-order valence-electron chi connectivity index (χ3n) is 3.77. The predicted octanol–water partition coefficient (Wildman–Crippen LogP) is 4.24. The second-order valence-electron chi connectivity index (χ2n) is 6.15. The van der Waals surface area contributed by atoms with E-state index < -0.39 is 0 Å². The molecule has 0 saturated heterocycles. The highest BCUT2D eigenvalue weighted by Gasteiger charge is 2.09. The van der Waals surface area contributed by atoms with Gasteiger partial charge in [-0.1, -0.05) is 11.2 Å². The molecule has 3 aromatic rings. The number of hydrogen-bond donors (Lipinski definition) is 2. The molecule has 1 aromatic heterocycles. The van der Waals surface area contributed by atoms with E-state index in [9.17, 15) is 0 Å². The molecule has 3 rings (SSSR count). The zero-order valence-corrected chi connectivity index (χ0v) is 16.4. The lowest BCUT2D eigenvalue weighted by molar-refractivity contribution is 0.340. The average Bonchev–Trinajstić information content (AvgIpc) is 3.09. The molecule has 0 fully saturated rings. The number of nitrogens with one attached hydrogen (secondary N) is 2. The van der Waals surface area contributed by atoms with E-state index in [-0.39, 0.29) is 0 Å². The van der Waals surface area contributed by atoms with E-state index in [1.807, 2.05) is 43.3 Å². The number of benzene rings is 2. The van der Waals surface area contributed by atoms with E-state index in [0.717, 1.165) is 17.0 Å². The quantitative estimate of drug-likeness (QED) is 0.618.